The lowest BCUT2D eigenvalue weighted by Gasteiger charge is -2.28. The Labute approximate surface area is 178 Å². The molecular formula is C22H22BrNO4S. The lowest BCUT2D eigenvalue weighted by Crippen LogP contribution is -2.40. The minimum Gasteiger partial charge on any atom is -0.451 e. The SMILES string of the molecule is Cc1ccc2oc(C(=O)N(Cc3cccc(Br)c3)C3CCS(=O)(=O)C3)c(C)c2c1. The third-order valence-corrected chi connectivity index (χ3v) is 7.68. The molecule has 152 valence electrons. The van der Waals surface area contributed by atoms with Gasteiger partial charge >= 0.3 is 0 Å². The Morgan fingerprint density at radius 2 is 2.00 bits per heavy atom. The molecule has 1 atom stereocenters. The summed E-state index contributed by atoms with van der Waals surface area (Å²) in [6.45, 7) is 4.20. The Morgan fingerprint density at radius 3 is 2.69 bits per heavy atom. The molecule has 2 heterocycles. The van der Waals surface area contributed by atoms with E-state index in [1.807, 2.05) is 56.3 Å². The van der Waals surface area contributed by atoms with Gasteiger partial charge in [0.1, 0.15) is 5.58 Å². The van der Waals surface area contributed by atoms with Crippen LogP contribution in [0.5, 0.6) is 0 Å². The number of fused-ring (bicyclic) bond motifs is 1. The number of amides is 1. The van der Waals surface area contributed by atoms with Crippen LogP contribution in [-0.2, 0) is 16.4 Å². The molecule has 1 aliphatic heterocycles. The Bertz CT molecular complexity index is 1200. The van der Waals surface area contributed by atoms with Crippen molar-refractivity contribution in [3.63, 3.8) is 0 Å². The molecule has 1 fully saturated rings. The van der Waals surface area contributed by atoms with Crippen LogP contribution in [0.3, 0.4) is 0 Å². The molecular weight excluding hydrogens is 454 g/mol. The second-order valence-electron chi connectivity index (χ2n) is 7.68. The molecule has 1 aliphatic rings. The highest BCUT2D eigenvalue weighted by Crippen LogP contribution is 2.30. The van der Waals surface area contributed by atoms with E-state index in [0.29, 0.717) is 18.5 Å². The van der Waals surface area contributed by atoms with Crippen molar-refractivity contribution < 1.29 is 17.6 Å². The quantitative estimate of drug-likeness (QED) is 0.550. The van der Waals surface area contributed by atoms with Gasteiger partial charge in [-0.3, -0.25) is 4.79 Å². The summed E-state index contributed by atoms with van der Waals surface area (Å²) in [4.78, 5) is 15.2. The summed E-state index contributed by atoms with van der Waals surface area (Å²) >= 11 is 3.46. The molecule has 5 nitrogen and oxygen atoms in total. The zero-order valence-corrected chi connectivity index (χ0v) is 18.7. The largest absolute Gasteiger partial charge is 0.451 e. The smallest absolute Gasteiger partial charge is 0.290 e. The topological polar surface area (TPSA) is 67.6 Å². The molecule has 0 radical (unpaired) electrons. The van der Waals surface area contributed by atoms with Gasteiger partial charge in [-0.05, 0) is 50.1 Å². The summed E-state index contributed by atoms with van der Waals surface area (Å²) in [5, 5.41) is 0.912. The molecule has 3 aromatic rings. The van der Waals surface area contributed by atoms with E-state index in [4.69, 9.17) is 4.42 Å². The van der Waals surface area contributed by atoms with Crippen LogP contribution >= 0.6 is 15.9 Å². The highest BCUT2D eigenvalue weighted by atomic mass is 79.9. The average molecular weight is 476 g/mol. The van der Waals surface area contributed by atoms with Gasteiger partial charge < -0.3 is 9.32 Å². The van der Waals surface area contributed by atoms with Crippen LogP contribution in [0.4, 0.5) is 0 Å². The van der Waals surface area contributed by atoms with Crippen molar-refractivity contribution in [3.05, 3.63) is 69.4 Å². The molecule has 4 rings (SSSR count). The number of hydrogen-bond donors (Lipinski definition) is 0. The molecule has 1 unspecified atom stereocenters. The summed E-state index contributed by atoms with van der Waals surface area (Å²) in [6, 6.07) is 13.2. The van der Waals surface area contributed by atoms with E-state index in [9.17, 15) is 13.2 Å². The zero-order valence-electron chi connectivity index (χ0n) is 16.3. The minimum atomic E-state index is -3.13. The van der Waals surface area contributed by atoms with Crippen LogP contribution < -0.4 is 0 Å². The molecule has 1 aromatic heterocycles. The first-order valence-corrected chi connectivity index (χ1v) is 12.1. The number of nitrogens with zero attached hydrogens (tertiary/aromatic N) is 1. The molecule has 0 spiro atoms. The van der Waals surface area contributed by atoms with Crippen LogP contribution in [0.15, 0.2) is 51.4 Å². The van der Waals surface area contributed by atoms with Crippen molar-refractivity contribution in [1.82, 2.24) is 4.90 Å². The Balaban J connectivity index is 1.74. The highest BCUT2D eigenvalue weighted by molar-refractivity contribution is 9.10. The van der Waals surface area contributed by atoms with Crippen molar-refractivity contribution in [2.45, 2.75) is 32.9 Å². The number of aryl methyl sites for hydroxylation is 2. The van der Waals surface area contributed by atoms with Gasteiger partial charge in [-0.25, -0.2) is 8.42 Å². The van der Waals surface area contributed by atoms with Crippen LogP contribution in [0.2, 0.25) is 0 Å². The van der Waals surface area contributed by atoms with Crippen molar-refractivity contribution in [1.29, 1.82) is 0 Å². The van der Waals surface area contributed by atoms with Gasteiger partial charge in [-0.2, -0.15) is 0 Å². The summed E-state index contributed by atoms with van der Waals surface area (Å²) in [7, 11) is -3.13. The van der Waals surface area contributed by atoms with Crippen molar-refractivity contribution in [2.24, 2.45) is 0 Å². The van der Waals surface area contributed by atoms with E-state index in [0.717, 1.165) is 26.5 Å². The van der Waals surface area contributed by atoms with Crippen molar-refractivity contribution in [3.8, 4) is 0 Å². The first kappa shape index (κ1) is 20.2. The van der Waals surface area contributed by atoms with Gasteiger partial charge in [0.2, 0.25) is 0 Å². The monoisotopic (exact) mass is 475 g/mol. The second kappa shape index (κ2) is 7.61. The van der Waals surface area contributed by atoms with E-state index in [2.05, 4.69) is 15.9 Å². The fraction of sp³-hybridized carbons (Fsp3) is 0.318. The fourth-order valence-corrected chi connectivity index (χ4v) is 6.07. The number of hydrogen-bond acceptors (Lipinski definition) is 4. The molecule has 0 N–H and O–H groups in total. The molecule has 0 saturated carbocycles. The predicted octanol–water partition coefficient (Wildman–Crippen LogP) is 4.64. The number of rotatable bonds is 4. The predicted molar refractivity (Wildman–Crippen MR) is 117 cm³/mol. The number of carbonyl (C=O) groups is 1. The Hall–Kier alpha value is -2.12. The molecule has 2 aromatic carbocycles. The number of sulfone groups is 1. The standard InChI is InChI=1S/C22H22BrNO4S/c1-14-6-7-20-19(10-14)15(2)21(28-20)22(25)24(18-8-9-29(26,27)13-18)12-16-4-3-5-17(23)11-16/h3-7,10-11,18H,8-9,12-13H2,1-2H3. The number of benzene rings is 2. The van der Waals surface area contributed by atoms with E-state index in [-0.39, 0.29) is 29.2 Å². The number of carbonyl (C=O) groups excluding carboxylic acids is 1. The molecule has 1 saturated heterocycles. The van der Waals surface area contributed by atoms with Crippen LogP contribution in [0.25, 0.3) is 11.0 Å². The first-order valence-electron chi connectivity index (χ1n) is 9.49. The maximum absolute atomic E-state index is 13.5. The fourth-order valence-electron chi connectivity index (χ4n) is 3.89. The highest BCUT2D eigenvalue weighted by Gasteiger charge is 2.36. The minimum absolute atomic E-state index is 0.00880. The Kier molecular flexibility index (Phi) is 5.29. The summed E-state index contributed by atoms with van der Waals surface area (Å²) < 4.78 is 31.0. The van der Waals surface area contributed by atoms with Gasteiger partial charge in [-0.15, -0.1) is 0 Å². The number of halogens is 1. The summed E-state index contributed by atoms with van der Waals surface area (Å²) in [6.07, 6.45) is 0.445. The summed E-state index contributed by atoms with van der Waals surface area (Å²) in [5.41, 5.74) is 3.47. The maximum Gasteiger partial charge on any atom is 0.290 e. The third kappa shape index (κ3) is 4.12. The van der Waals surface area contributed by atoms with Crippen LogP contribution in [0, 0.1) is 13.8 Å². The number of furan rings is 1. The second-order valence-corrected chi connectivity index (χ2v) is 10.8. The first-order chi connectivity index (χ1) is 13.7. The van der Waals surface area contributed by atoms with Crippen molar-refractivity contribution >= 4 is 42.6 Å². The summed E-state index contributed by atoms with van der Waals surface area (Å²) in [5.74, 6) is 0.118. The normalized spacial score (nSPS) is 18.2. The lowest BCUT2D eigenvalue weighted by molar-refractivity contribution is 0.0649. The van der Waals surface area contributed by atoms with Crippen LogP contribution in [0.1, 0.15) is 33.7 Å². The molecule has 7 heteroatoms. The van der Waals surface area contributed by atoms with Gasteiger partial charge in [-0.1, -0.05) is 39.7 Å². The van der Waals surface area contributed by atoms with E-state index >= 15 is 0 Å². The van der Waals surface area contributed by atoms with Gasteiger partial charge in [0.15, 0.2) is 15.6 Å². The van der Waals surface area contributed by atoms with Crippen LogP contribution in [-0.4, -0.2) is 36.8 Å². The van der Waals surface area contributed by atoms with Gasteiger partial charge in [0.25, 0.3) is 5.91 Å². The molecule has 0 aliphatic carbocycles. The molecule has 1 amide bonds. The lowest BCUT2D eigenvalue weighted by atomic mass is 10.1. The molecule has 0 bridgehead atoms. The Morgan fingerprint density at radius 1 is 1.21 bits per heavy atom. The third-order valence-electron chi connectivity index (χ3n) is 5.44. The van der Waals surface area contributed by atoms with Gasteiger partial charge in [0, 0.05) is 28.0 Å². The van der Waals surface area contributed by atoms with E-state index < -0.39 is 9.84 Å². The average Bonchev–Trinajstić information content (AvgIpc) is 3.19. The zero-order chi connectivity index (χ0) is 20.8. The van der Waals surface area contributed by atoms with Crippen molar-refractivity contribution in [2.75, 3.05) is 11.5 Å². The van der Waals surface area contributed by atoms with E-state index in [1.165, 1.54) is 0 Å². The van der Waals surface area contributed by atoms with E-state index in [1.54, 1.807) is 4.90 Å². The maximum atomic E-state index is 13.5. The molecule has 29 heavy (non-hydrogen) atoms. The van der Waals surface area contributed by atoms with Gasteiger partial charge in [0.05, 0.1) is 11.5 Å².